The summed E-state index contributed by atoms with van der Waals surface area (Å²) >= 11 is 0. The number of anilines is 1. The Morgan fingerprint density at radius 3 is 2.14 bits per heavy atom. The van der Waals surface area contributed by atoms with E-state index in [4.69, 9.17) is 5.73 Å². The third kappa shape index (κ3) is 3.24. The van der Waals surface area contributed by atoms with Gasteiger partial charge in [-0.25, -0.2) is 0 Å². The van der Waals surface area contributed by atoms with E-state index in [1.165, 1.54) is 11.3 Å². The zero-order valence-corrected chi connectivity index (χ0v) is 12.7. The highest BCUT2D eigenvalue weighted by Gasteiger charge is 2.24. The smallest absolute Gasteiger partial charge is 0.115 e. The van der Waals surface area contributed by atoms with E-state index in [1.54, 1.807) is 12.1 Å². The predicted molar refractivity (Wildman–Crippen MR) is 90.1 cm³/mol. The highest BCUT2D eigenvalue weighted by atomic mass is 16.3. The van der Waals surface area contributed by atoms with Crippen molar-refractivity contribution in [1.82, 2.24) is 4.90 Å². The van der Waals surface area contributed by atoms with E-state index >= 15 is 0 Å². The van der Waals surface area contributed by atoms with Crippen LogP contribution >= 0.6 is 0 Å². The van der Waals surface area contributed by atoms with Crippen molar-refractivity contribution in [3.63, 3.8) is 0 Å². The highest BCUT2D eigenvalue weighted by molar-refractivity contribution is 5.46. The van der Waals surface area contributed by atoms with Crippen LogP contribution in [0.1, 0.15) is 11.6 Å². The summed E-state index contributed by atoms with van der Waals surface area (Å²) in [6.07, 6.45) is 0. The molecule has 0 radical (unpaired) electrons. The Bertz CT molecular complexity index is 577. The molecule has 2 aromatic rings. The number of benzene rings is 2. The first kappa shape index (κ1) is 14.9. The SMILES string of the molecule is NCC(c1ccc(O)cc1)N1CCN(c2ccccc2)CC1. The summed E-state index contributed by atoms with van der Waals surface area (Å²) < 4.78 is 0. The summed E-state index contributed by atoms with van der Waals surface area (Å²) in [4.78, 5) is 4.85. The standard InChI is InChI=1S/C18H23N3O/c19-14-18(15-6-8-17(22)9-7-15)21-12-10-20(11-13-21)16-4-2-1-3-5-16/h1-9,18,22H,10-14,19H2. The van der Waals surface area contributed by atoms with Gasteiger partial charge in [0.2, 0.25) is 0 Å². The molecule has 0 aliphatic carbocycles. The van der Waals surface area contributed by atoms with Gasteiger partial charge >= 0.3 is 0 Å². The number of phenolic OH excluding ortho intramolecular Hbond substituents is 1. The third-order valence-electron chi connectivity index (χ3n) is 4.38. The molecule has 1 aliphatic rings. The fraction of sp³-hybridized carbons (Fsp3) is 0.333. The van der Waals surface area contributed by atoms with Gasteiger partial charge in [-0.2, -0.15) is 0 Å². The fourth-order valence-electron chi connectivity index (χ4n) is 3.12. The maximum absolute atomic E-state index is 9.43. The largest absolute Gasteiger partial charge is 0.508 e. The van der Waals surface area contributed by atoms with Crippen LogP contribution in [-0.2, 0) is 0 Å². The lowest BCUT2D eigenvalue weighted by molar-refractivity contribution is 0.190. The average molecular weight is 297 g/mol. The van der Waals surface area contributed by atoms with Gasteiger partial charge in [0.05, 0.1) is 0 Å². The minimum Gasteiger partial charge on any atom is -0.508 e. The first-order chi connectivity index (χ1) is 10.8. The summed E-state index contributed by atoms with van der Waals surface area (Å²) in [7, 11) is 0. The topological polar surface area (TPSA) is 52.7 Å². The lowest BCUT2D eigenvalue weighted by Gasteiger charge is -2.40. The van der Waals surface area contributed by atoms with Crippen LogP contribution < -0.4 is 10.6 Å². The first-order valence-electron chi connectivity index (χ1n) is 7.81. The number of phenols is 1. The predicted octanol–water partition coefficient (Wildman–Crippen LogP) is 2.21. The summed E-state index contributed by atoms with van der Waals surface area (Å²) in [6, 6.07) is 18.2. The van der Waals surface area contributed by atoms with Crippen LogP contribution in [0.25, 0.3) is 0 Å². The molecule has 0 spiro atoms. The first-order valence-corrected chi connectivity index (χ1v) is 7.81. The summed E-state index contributed by atoms with van der Waals surface area (Å²) in [5.74, 6) is 0.299. The van der Waals surface area contributed by atoms with Gasteiger partial charge < -0.3 is 15.7 Å². The lowest BCUT2D eigenvalue weighted by Crippen LogP contribution is -2.49. The molecule has 4 nitrogen and oxygen atoms in total. The maximum atomic E-state index is 9.43. The van der Waals surface area contributed by atoms with E-state index in [-0.39, 0.29) is 6.04 Å². The molecule has 3 N–H and O–H groups in total. The number of piperazine rings is 1. The second-order valence-electron chi connectivity index (χ2n) is 5.70. The molecule has 1 heterocycles. The quantitative estimate of drug-likeness (QED) is 0.908. The average Bonchev–Trinajstić information content (AvgIpc) is 2.59. The molecule has 3 rings (SSSR count). The number of nitrogens with two attached hydrogens (primary N) is 1. The number of hydrogen-bond acceptors (Lipinski definition) is 4. The van der Waals surface area contributed by atoms with Crippen molar-refractivity contribution in [1.29, 1.82) is 0 Å². The molecular weight excluding hydrogens is 274 g/mol. The molecule has 1 atom stereocenters. The molecule has 1 fully saturated rings. The van der Waals surface area contributed by atoms with Crippen molar-refractivity contribution in [2.24, 2.45) is 5.73 Å². The van der Waals surface area contributed by atoms with Gasteiger partial charge in [-0.3, -0.25) is 4.90 Å². The monoisotopic (exact) mass is 297 g/mol. The van der Waals surface area contributed by atoms with Crippen LogP contribution in [0.5, 0.6) is 5.75 Å². The van der Waals surface area contributed by atoms with Crippen molar-refractivity contribution in [3.05, 3.63) is 60.2 Å². The molecule has 4 heteroatoms. The molecule has 0 saturated carbocycles. The van der Waals surface area contributed by atoms with Gasteiger partial charge in [0.15, 0.2) is 0 Å². The summed E-state index contributed by atoms with van der Waals surface area (Å²) in [5, 5.41) is 9.43. The number of aromatic hydroxyl groups is 1. The number of para-hydroxylation sites is 1. The van der Waals surface area contributed by atoms with E-state index in [2.05, 4.69) is 40.1 Å². The molecule has 0 bridgehead atoms. The summed E-state index contributed by atoms with van der Waals surface area (Å²) in [5.41, 5.74) is 8.46. The highest BCUT2D eigenvalue weighted by Crippen LogP contribution is 2.24. The minimum absolute atomic E-state index is 0.221. The van der Waals surface area contributed by atoms with Crippen LogP contribution in [0, 0.1) is 0 Å². The molecule has 0 aromatic heterocycles. The van der Waals surface area contributed by atoms with Gasteiger partial charge in [-0.15, -0.1) is 0 Å². The number of rotatable bonds is 4. The third-order valence-corrected chi connectivity index (χ3v) is 4.38. The Kier molecular flexibility index (Phi) is 4.61. The van der Waals surface area contributed by atoms with Crippen LogP contribution in [0.2, 0.25) is 0 Å². The molecule has 116 valence electrons. The fourth-order valence-corrected chi connectivity index (χ4v) is 3.12. The number of hydrogen-bond donors (Lipinski definition) is 2. The van der Waals surface area contributed by atoms with Crippen molar-refractivity contribution in [2.45, 2.75) is 6.04 Å². The molecule has 1 unspecified atom stereocenters. The second kappa shape index (κ2) is 6.81. The van der Waals surface area contributed by atoms with E-state index in [0.717, 1.165) is 26.2 Å². The molecule has 22 heavy (non-hydrogen) atoms. The van der Waals surface area contributed by atoms with Crippen molar-refractivity contribution >= 4 is 5.69 Å². The Morgan fingerprint density at radius 1 is 0.909 bits per heavy atom. The van der Waals surface area contributed by atoms with E-state index in [0.29, 0.717) is 12.3 Å². The van der Waals surface area contributed by atoms with Crippen LogP contribution in [0.15, 0.2) is 54.6 Å². The Morgan fingerprint density at radius 2 is 1.55 bits per heavy atom. The van der Waals surface area contributed by atoms with Crippen molar-refractivity contribution < 1.29 is 5.11 Å². The van der Waals surface area contributed by atoms with E-state index < -0.39 is 0 Å². The molecule has 2 aromatic carbocycles. The molecule has 1 aliphatic heterocycles. The van der Waals surface area contributed by atoms with E-state index in [9.17, 15) is 5.11 Å². The van der Waals surface area contributed by atoms with Gasteiger partial charge in [-0.05, 0) is 29.8 Å². The maximum Gasteiger partial charge on any atom is 0.115 e. The normalized spacial score (nSPS) is 17.4. The lowest BCUT2D eigenvalue weighted by atomic mass is 10.0. The van der Waals surface area contributed by atoms with Crippen LogP contribution in [-0.4, -0.2) is 42.7 Å². The van der Waals surface area contributed by atoms with Gasteiger partial charge in [0.25, 0.3) is 0 Å². The van der Waals surface area contributed by atoms with E-state index in [1.807, 2.05) is 12.1 Å². The Hall–Kier alpha value is -2.04. The van der Waals surface area contributed by atoms with Gasteiger partial charge in [0.1, 0.15) is 5.75 Å². The van der Waals surface area contributed by atoms with Crippen LogP contribution in [0.3, 0.4) is 0 Å². The summed E-state index contributed by atoms with van der Waals surface area (Å²) in [6.45, 7) is 4.61. The molecule has 0 amide bonds. The van der Waals surface area contributed by atoms with Crippen molar-refractivity contribution in [3.8, 4) is 5.75 Å². The Labute approximate surface area is 131 Å². The second-order valence-corrected chi connectivity index (χ2v) is 5.70. The number of nitrogens with zero attached hydrogens (tertiary/aromatic N) is 2. The zero-order chi connectivity index (χ0) is 15.4. The molecular formula is C18H23N3O. The van der Waals surface area contributed by atoms with Crippen LogP contribution in [0.4, 0.5) is 5.69 Å². The van der Waals surface area contributed by atoms with Crippen molar-refractivity contribution in [2.75, 3.05) is 37.6 Å². The Balaban J connectivity index is 1.65. The molecule has 1 saturated heterocycles. The zero-order valence-electron chi connectivity index (χ0n) is 12.7. The minimum atomic E-state index is 0.221. The van der Waals surface area contributed by atoms with Gasteiger partial charge in [0, 0.05) is 44.5 Å². The van der Waals surface area contributed by atoms with Gasteiger partial charge in [-0.1, -0.05) is 30.3 Å².